The van der Waals surface area contributed by atoms with Gasteiger partial charge in [-0.3, -0.25) is 9.78 Å². The summed E-state index contributed by atoms with van der Waals surface area (Å²) in [6.45, 7) is 12.5. The summed E-state index contributed by atoms with van der Waals surface area (Å²) in [5.74, 6) is 1.13. The van der Waals surface area contributed by atoms with Gasteiger partial charge in [-0.15, -0.1) is 0 Å². The molecule has 9 nitrogen and oxygen atoms in total. The molecule has 1 aliphatic heterocycles. The Morgan fingerprint density at radius 1 is 1.24 bits per heavy atom. The number of amides is 1. The normalized spacial score (nSPS) is 15.7. The fourth-order valence-corrected chi connectivity index (χ4v) is 4.17. The minimum Gasteiger partial charge on any atom is -0.377 e. The molecule has 2 N–H and O–H groups in total. The van der Waals surface area contributed by atoms with E-state index in [0.717, 1.165) is 29.2 Å². The lowest BCUT2D eigenvalue weighted by atomic mass is 9.90. The maximum Gasteiger partial charge on any atom is 0.255 e. The molecule has 0 aliphatic carbocycles. The van der Waals surface area contributed by atoms with Crippen molar-refractivity contribution in [2.75, 3.05) is 41.8 Å². The van der Waals surface area contributed by atoms with Crippen molar-refractivity contribution in [1.29, 1.82) is 5.26 Å². The summed E-state index contributed by atoms with van der Waals surface area (Å²) < 4.78 is 5.61. The molecule has 37 heavy (non-hydrogen) atoms. The van der Waals surface area contributed by atoms with Crippen LogP contribution in [0.5, 0.6) is 0 Å². The lowest BCUT2D eigenvalue weighted by Crippen LogP contribution is -2.44. The number of aromatic nitrogens is 3. The molecule has 3 aromatic rings. The van der Waals surface area contributed by atoms with E-state index in [2.05, 4.69) is 33.5 Å². The molecule has 1 aliphatic rings. The number of morpholine rings is 1. The maximum atomic E-state index is 13.1. The third-order valence-electron chi connectivity index (χ3n) is 6.42. The van der Waals surface area contributed by atoms with Crippen LogP contribution < -0.4 is 15.5 Å². The summed E-state index contributed by atoms with van der Waals surface area (Å²) in [7, 11) is 0. The summed E-state index contributed by atoms with van der Waals surface area (Å²) >= 11 is 0. The molecule has 4 rings (SSSR count). The fourth-order valence-electron chi connectivity index (χ4n) is 4.17. The van der Waals surface area contributed by atoms with Crippen LogP contribution in [0.1, 0.15) is 49.3 Å². The largest absolute Gasteiger partial charge is 0.377 e. The first kappa shape index (κ1) is 26.0. The van der Waals surface area contributed by atoms with Gasteiger partial charge in [0.15, 0.2) is 0 Å². The molecule has 192 valence electrons. The van der Waals surface area contributed by atoms with E-state index in [4.69, 9.17) is 14.7 Å². The molecular weight excluding hydrogens is 466 g/mol. The fraction of sp³-hybridized carbons (Fsp3) is 0.393. The molecule has 0 radical (unpaired) electrons. The first-order valence-corrected chi connectivity index (χ1v) is 12.5. The minimum absolute atomic E-state index is 0.203. The van der Waals surface area contributed by atoms with Crippen molar-refractivity contribution in [3.8, 4) is 17.3 Å². The lowest BCUT2D eigenvalue weighted by molar-refractivity contribution is 0.0985. The van der Waals surface area contributed by atoms with Crippen molar-refractivity contribution >= 4 is 23.4 Å². The van der Waals surface area contributed by atoms with Gasteiger partial charge in [0.25, 0.3) is 5.91 Å². The number of hydrogen-bond donors (Lipinski definition) is 2. The first-order valence-electron chi connectivity index (χ1n) is 12.5. The Labute approximate surface area is 217 Å². The molecule has 3 heterocycles. The number of carbonyl (C=O) groups excluding carboxylic acids is 1. The Bertz CT molecular complexity index is 1330. The van der Waals surface area contributed by atoms with Crippen LogP contribution >= 0.6 is 0 Å². The van der Waals surface area contributed by atoms with Gasteiger partial charge in [0.1, 0.15) is 5.82 Å². The smallest absolute Gasteiger partial charge is 0.255 e. The van der Waals surface area contributed by atoms with E-state index in [9.17, 15) is 10.1 Å². The van der Waals surface area contributed by atoms with E-state index in [1.165, 1.54) is 0 Å². The predicted molar refractivity (Wildman–Crippen MR) is 145 cm³/mol. The zero-order valence-electron chi connectivity index (χ0n) is 22.0. The second kappa shape index (κ2) is 10.9. The molecule has 0 saturated carbocycles. The maximum absolute atomic E-state index is 13.1. The summed E-state index contributed by atoms with van der Waals surface area (Å²) in [5.41, 5.74) is 3.55. The molecule has 2 aromatic heterocycles. The molecule has 0 spiro atoms. The highest BCUT2D eigenvalue weighted by Gasteiger charge is 2.24. The first-order chi connectivity index (χ1) is 17.7. The average Bonchev–Trinajstić information content (AvgIpc) is 2.90. The van der Waals surface area contributed by atoms with Crippen LogP contribution in [0.25, 0.3) is 11.3 Å². The van der Waals surface area contributed by atoms with Crippen LogP contribution in [0.3, 0.4) is 0 Å². The topological polar surface area (TPSA) is 116 Å². The molecule has 1 atom stereocenters. The number of nitrogens with one attached hydrogen (secondary N) is 2. The van der Waals surface area contributed by atoms with Gasteiger partial charge in [0, 0.05) is 42.2 Å². The number of nitrogens with zero attached hydrogens (tertiary/aromatic N) is 5. The van der Waals surface area contributed by atoms with E-state index in [1.807, 2.05) is 38.1 Å². The van der Waals surface area contributed by atoms with Crippen LogP contribution in [0.2, 0.25) is 0 Å². The van der Waals surface area contributed by atoms with Crippen LogP contribution in [-0.4, -0.2) is 53.2 Å². The van der Waals surface area contributed by atoms with Crippen molar-refractivity contribution in [1.82, 2.24) is 15.0 Å². The zero-order chi connectivity index (χ0) is 26.6. The molecule has 1 saturated heterocycles. The monoisotopic (exact) mass is 499 g/mol. The summed E-state index contributed by atoms with van der Waals surface area (Å²) in [6, 6.07) is 13.5. The summed E-state index contributed by atoms with van der Waals surface area (Å²) in [6.07, 6.45) is 1.56. The molecular formula is C28H33N7O2. The molecule has 1 fully saturated rings. The van der Waals surface area contributed by atoms with Crippen LogP contribution in [0, 0.1) is 18.3 Å². The van der Waals surface area contributed by atoms with Gasteiger partial charge in [0.2, 0.25) is 5.95 Å². The number of anilines is 3. The van der Waals surface area contributed by atoms with Gasteiger partial charge in [-0.1, -0.05) is 6.07 Å². The number of benzene rings is 1. The van der Waals surface area contributed by atoms with Gasteiger partial charge < -0.3 is 20.3 Å². The van der Waals surface area contributed by atoms with Crippen molar-refractivity contribution in [3.63, 3.8) is 0 Å². The standard InChI is InChI=1S/C28H33N7O2/c1-6-30-27-33-23(15-25(34-27)35-11-12-37-16-19(35)3)22-14-21(8-7-18(22)2)32-26(36)20-9-10-31-24(13-20)28(4,5)17-29/h7-10,13-15,19H,6,11-12,16H2,1-5H3,(H,32,36)(H,30,33,34)/t19-/m0/s1. The third-order valence-corrected chi connectivity index (χ3v) is 6.42. The molecule has 1 amide bonds. The third kappa shape index (κ3) is 5.87. The Kier molecular flexibility index (Phi) is 7.69. The highest BCUT2D eigenvalue weighted by atomic mass is 16.5. The van der Waals surface area contributed by atoms with Gasteiger partial charge in [-0.2, -0.15) is 10.2 Å². The number of nitriles is 1. The van der Waals surface area contributed by atoms with Crippen LogP contribution in [0.15, 0.2) is 42.6 Å². The Morgan fingerprint density at radius 3 is 2.78 bits per heavy atom. The number of ether oxygens (including phenoxy) is 1. The second-order valence-corrected chi connectivity index (χ2v) is 9.73. The number of pyridine rings is 1. The second-order valence-electron chi connectivity index (χ2n) is 9.73. The van der Waals surface area contributed by atoms with Crippen molar-refractivity contribution in [2.45, 2.75) is 46.1 Å². The van der Waals surface area contributed by atoms with Gasteiger partial charge in [0.05, 0.1) is 42.1 Å². The SMILES string of the molecule is CCNc1nc(-c2cc(NC(=O)c3ccnc(C(C)(C)C#N)c3)ccc2C)cc(N2CCOC[C@@H]2C)n1. The van der Waals surface area contributed by atoms with Crippen LogP contribution in [-0.2, 0) is 10.2 Å². The van der Waals surface area contributed by atoms with E-state index in [-0.39, 0.29) is 11.9 Å². The number of hydrogen-bond acceptors (Lipinski definition) is 8. The Hall–Kier alpha value is -4.03. The van der Waals surface area contributed by atoms with Crippen molar-refractivity contribution < 1.29 is 9.53 Å². The van der Waals surface area contributed by atoms with E-state index < -0.39 is 5.41 Å². The van der Waals surface area contributed by atoms with Crippen molar-refractivity contribution in [3.05, 3.63) is 59.4 Å². The van der Waals surface area contributed by atoms with Gasteiger partial charge in [-0.25, -0.2) is 4.98 Å². The van der Waals surface area contributed by atoms with E-state index in [0.29, 0.717) is 42.7 Å². The van der Waals surface area contributed by atoms with Crippen molar-refractivity contribution in [2.24, 2.45) is 0 Å². The van der Waals surface area contributed by atoms with E-state index in [1.54, 1.807) is 32.2 Å². The average molecular weight is 500 g/mol. The highest BCUT2D eigenvalue weighted by molar-refractivity contribution is 6.04. The summed E-state index contributed by atoms with van der Waals surface area (Å²) in [4.78, 5) is 29.1. The predicted octanol–water partition coefficient (Wildman–Crippen LogP) is 4.56. The Balaban J connectivity index is 1.66. The van der Waals surface area contributed by atoms with Gasteiger partial charge in [-0.05, 0) is 64.4 Å². The molecule has 1 aromatic carbocycles. The van der Waals surface area contributed by atoms with E-state index >= 15 is 0 Å². The van der Waals surface area contributed by atoms with Gasteiger partial charge >= 0.3 is 0 Å². The molecule has 0 bridgehead atoms. The quantitative estimate of drug-likeness (QED) is 0.486. The number of carbonyl (C=O) groups is 1. The number of aryl methyl sites for hydroxylation is 1. The summed E-state index contributed by atoms with van der Waals surface area (Å²) in [5, 5.41) is 15.7. The minimum atomic E-state index is -0.791. The molecule has 9 heteroatoms. The molecule has 0 unspecified atom stereocenters. The van der Waals surface area contributed by atoms with Crippen LogP contribution in [0.4, 0.5) is 17.5 Å². The Morgan fingerprint density at radius 2 is 2.05 bits per heavy atom. The highest BCUT2D eigenvalue weighted by Crippen LogP contribution is 2.30. The zero-order valence-corrected chi connectivity index (χ0v) is 22.0. The number of rotatable bonds is 7. The lowest BCUT2D eigenvalue weighted by Gasteiger charge is -2.34.